The Bertz CT molecular complexity index is 941. The van der Waals surface area contributed by atoms with Crippen LogP contribution in [0.25, 0.3) is 0 Å². The predicted molar refractivity (Wildman–Crippen MR) is 109 cm³/mol. The minimum atomic E-state index is -0.835. The molecule has 1 aromatic carbocycles. The number of carbonyl (C=O) groups is 3. The number of aromatic nitrogens is 3. The van der Waals surface area contributed by atoms with Crippen molar-refractivity contribution >= 4 is 17.8 Å². The number of carboxylic acid groups (broad SMARTS) is 1. The lowest BCUT2D eigenvalue weighted by Crippen LogP contribution is -2.30. The highest BCUT2D eigenvalue weighted by molar-refractivity contribution is 5.93. The second-order valence-corrected chi connectivity index (χ2v) is 7.92. The van der Waals surface area contributed by atoms with Gasteiger partial charge in [0.15, 0.2) is 0 Å². The zero-order valence-electron chi connectivity index (χ0n) is 17.2. The molecule has 3 atom stereocenters. The first-order valence-corrected chi connectivity index (χ1v) is 10.1. The van der Waals surface area contributed by atoms with Crippen LogP contribution in [0.15, 0.2) is 30.5 Å². The maximum Gasteiger partial charge on any atom is 0.306 e. The standard InChI is InChI=1S/C21H27N5O4/c1-3-15(21(29)30)9-17-11-26(24-23-17)18-12-25(10-13(18)2)19(27)8-14-5-4-6-16(7-14)20(22)28/h4-7,11,13,15,18H,3,8-10,12H2,1-2H3,(H2,22,28)(H,29,30)/t13-,15?,18+/m0/s1. The lowest BCUT2D eigenvalue weighted by atomic mass is 10.0. The number of aliphatic carboxylic acids is 1. The Balaban J connectivity index is 1.64. The number of amides is 2. The van der Waals surface area contributed by atoms with Gasteiger partial charge in [-0.05, 0) is 30.0 Å². The van der Waals surface area contributed by atoms with E-state index in [4.69, 9.17) is 5.73 Å². The normalized spacial score (nSPS) is 19.6. The van der Waals surface area contributed by atoms with Gasteiger partial charge in [-0.2, -0.15) is 0 Å². The molecule has 160 valence electrons. The quantitative estimate of drug-likeness (QED) is 0.670. The molecule has 0 saturated carbocycles. The molecule has 1 fully saturated rings. The number of hydrogen-bond donors (Lipinski definition) is 2. The van der Waals surface area contributed by atoms with E-state index < -0.39 is 17.8 Å². The summed E-state index contributed by atoms with van der Waals surface area (Å²) in [6.07, 6.45) is 2.85. The average Bonchev–Trinajstić information content (AvgIpc) is 3.32. The number of benzene rings is 1. The van der Waals surface area contributed by atoms with E-state index in [1.54, 1.807) is 40.0 Å². The summed E-state index contributed by atoms with van der Waals surface area (Å²) in [6.45, 7) is 5.00. The van der Waals surface area contributed by atoms with Gasteiger partial charge in [-0.3, -0.25) is 14.4 Å². The van der Waals surface area contributed by atoms with Crippen LogP contribution in [0.2, 0.25) is 0 Å². The fourth-order valence-electron chi connectivity index (χ4n) is 3.85. The number of primary amides is 1. The number of hydrogen-bond acceptors (Lipinski definition) is 5. The molecule has 0 bridgehead atoms. The summed E-state index contributed by atoms with van der Waals surface area (Å²) in [5, 5.41) is 17.6. The van der Waals surface area contributed by atoms with Gasteiger partial charge in [-0.15, -0.1) is 5.10 Å². The van der Waals surface area contributed by atoms with Crippen molar-refractivity contribution in [1.29, 1.82) is 0 Å². The van der Waals surface area contributed by atoms with Crippen molar-refractivity contribution in [2.24, 2.45) is 17.6 Å². The maximum atomic E-state index is 12.8. The summed E-state index contributed by atoms with van der Waals surface area (Å²) in [5.41, 5.74) is 7.08. The van der Waals surface area contributed by atoms with Gasteiger partial charge in [-0.1, -0.05) is 31.2 Å². The van der Waals surface area contributed by atoms with E-state index in [-0.39, 0.29) is 24.3 Å². The van der Waals surface area contributed by atoms with Crippen molar-refractivity contribution in [3.8, 4) is 0 Å². The Morgan fingerprint density at radius 3 is 2.73 bits per heavy atom. The van der Waals surface area contributed by atoms with Crippen LogP contribution in [0.4, 0.5) is 0 Å². The van der Waals surface area contributed by atoms with Crippen LogP contribution in [-0.4, -0.2) is 55.9 Å². The van der Waals surface area contributed by atoms with Crippen molar-refractivity contribution in [3.05, 3.63) is 47.3 Å². The number of carboxylic acids is 1. The van der Waals surface area contributed by atoms with Crippen LogP contribution in [0.3, 0.4) is 0 Å². The number of nitrogens with two attached hydrogens (primary N) is 1. The van der Waals surface area contributed by atoms with Crippen molar-refractivity contribution in [2.75, 3.05) is 13.1 Å². The molecule has 0 radical (unpaired) electrons. The van der Waals surface area contributed by atoms with Gasteiger partial charge >= 0.3 is 5.97 Å². The summed E-state index contributed by atoms with van der Waals surface area (Å²) in [4.78, 5) is 37.2. The molecule has 1 unspecified atom stereocenters. The summed E-state index contributed by atoms with van der Waals surface area (Å²) >= 11 is 0. The van der Waals surface area contributed by atoms with Gasteiger partial charge in [-0.25, -0.2) is 4.68 Å². The highest BCUT2D eigenvalue weighted by atomic mass is 16.4. The van der Waals surface area contributed by atoms with Crippen molar-refractivity contribution in [2.45, 2.75) is 39.2 Å². The summed E-state index contributed by atoms with van der Waals surface area (Å²) in [7, 11) is 0. The lowest BCUT2D eigenvalue weighted by Gasteiger charge is -2.16. The van der Waals surface area contributed by atoms with Crippen LogP contribution in [0, 0.1) is 11.8 Å². The minimum absolute atomic E-state index is 0.0166. The number of carbonyl (C=O) groups excluding carboxylic acids is 2. The van der Waals surface area contributed by atoms with Crippen LogP contribution in [-0.2, 0) is 22.4 Å². The molecule has 1 aliphatic heterocycles. The van der Waals surface area contributed by atoms with Crippen LogP contribution in [0.5, 0.6) is 0 Å². The molecule has 0 spiro atoms. The second-order valence-electron chi connectivity index (χ2n) is 7.92. The van der Waals surface area contributed by atoms with E-state index in [0.29, 0.717) is 37.2 Å². The fraction of sp³-hybridized carbons (Fsp3) is 0.476. The molecule has 2 aromatic rings. The molecule has 1 aromatic heterocycles. The summed E-state index contributed by atoms with van der Waals surface area (Å²) < 4.78 is 1.75. The third kappa shape index (κ3) is 4.84. The van der Waals surface area contributed by atoms with Crippen molar-refractivity contribution < 1.29 is 19.5 Å². The van der Waals surface area contributed by atoms with E-state index in [1.807, 2.05) is 6.92 Å². The maximum absolute atomic E-state index is 12.8. The molecule has 2 heterocycles. The molecule has 3 rings (SSSR count). The predicted octanol–water partition coefficient (Wildman–Crippen LogP) is 1.29. The topological polar surface area (TPSA) is 131 Å². The fourth-order valence-corrected chi connectivity index (χ4v) is 3.85. The Labute approximate surface area is 174 Å². The number of likely N-dealkylation sites (tertiary alicyclic amines) is 1. The Morgan fingerprint density at radius 2 is 2.07 bits per heavy atom. The third-order valence-electron chi connectivity index (χ3n) is 5.69. The van der Waals surface area contributed by atoms with Crippen molar-refractivity contribution in [3.63, 3.8) is 0 Å². The van der Waals surface area contributed by atoms with Gasteiger partial charge in [0.1, 0.15) is 0 Å². The number of nitrogens with zero attached hydrogens (tertiary/aromatic N) is 4. The first-order chi connectivity index (χ1) is 14.3. The summed E-state index contributed by atoms with van der Waals surface area (Å²) in [5.74, 6) is -1.68. The summed E-state index contributed by atoms with van der Waals surface area (Å²) in [6, 6.07) is 6.78. The molecule has 9 nitrogen and oxygen atoms in total. The first kappa shape index (κ1) is 21.5. The highest BCUT2D eigenvalue weighted by Crippen LogP contribution is 2.28. The van der Waals surface area contributed by atoms with E-state index in [2.05, 4.69) is 17.2 Å². The van der Waals surface area contributed by atoms with Crippen LogP contribution >= 0.6 is 0 Å². The molecule has 1 aliphatic rings. The Hall–Kier alpha value is -3.23. The molecule has 0 aliphatic carbocycles. The molecule has 9 heteroatoms. The molecular formula is C21H27N5O4. The van der Waals surface area contributed by atoms with Gasteiger partial charge in [0.05, 0.1) is 24.1 Å². The monoisotopic (exact) mass is 413 g/mol. The van der Waals surface area contributed by atoms with Gasteiger partial charge < -0.3 is 15.7 Å². The van der Waals surface area contributed by atoms with E-state index in [9.17, 15) is 19.5 Å². The molecule has 30 heavy (non-hydrogen) atoms. The molecule has 3 N–H and O–H groups in total. The highest BCUT2D eigenvalue weighted by Gasteiger charge is 2.34. The van der Waals surface area contributed by atoms with E-state index >= 15 is 0 Å². The third-order valence-corrected chi connectivity index (χ3v) is 5.69. The number of rotatable bonds is 8. The largest absolute Gasteiger partial charge is 0.481 e. The van der Waals surface area contributed by atoms with Gasteiger partial charge in [0.2, 0.25) is 11.8 Å². The van der Waals surface area contributed by atoms with Crippen LogP contribution in [0.1, 0.15) is 47.9 Å². The van der Waals surface area contributed by atoms with Crippen LogP contribution < -0.4 is 5.73 Å². The van der Waals surface area contributed by atoms with Crippen molar-refractivity contribution in [1.82, 2.24) is 19.9 Å². The lowest BCUT2D eigenvalue weighted by molar-refractivity contribution is -0.141. The first-order valence-electron chi connectivity index (χ1n) is 10.1. The molecule has 2 amide bonds. The Kier molecular flexibility index (Phi) is 6.49. The molecular weight excluding hydrogens is 386 g/mol. The van der Waals surface area contributed by atoms with E-state index in [0.717, 1.165) is 5.56 Å². The van der Waals surface area contributed by atoms with Gasteiger partial charge in [0.25, 0.3) is 0 Å². The molecule has 1 saturated heterocycles. The SMILES string of the molecule is CCC(Cc1cn([C@@H]2CN(C(=O)Cc3cccc(C(N)=O)c3)C[C@@H]2C)nn1)C(=O)O. The average molecular weight is 413 g/mol. The minimum Gasteiger partial charge on any atom is -0.481 e. The smallest absolute Gasteiger partial charge is 0.306 e. The van der Waals surface area contributed by atoms with Gasteiger partial charge in [0, 0.05) is 31.3 Å². The zero-order valence-corrected chi connectivity index (χ0v) is 17.2. The second kappa shape index (κ2) is 9.06. The Morgan fingerprint density at radius 1 is 1.30 bits per heavy atom. The van der Waals surface area contributed by atoms with E-state index in [1.165, 1.54) is 0 Å². The zero-order chi connectivity index (χ0) is 21.8.